The molecule has 2 unspecified atom stereocenters. The Morgan fingerprint density at radius 3 is 2.81 bits per heavy atom. The molecule has 0 saturated carbocycles. The summed E-state index contributed by atoms with van der Waals surface area (Å²) < 4.78 is 0. The second kappa shape index (κ2) is 7.33. The van der Waals surface area contributed by atoms with E-state index in [0.29, 0.717) is 12.1 Å². The summed E-state index contributed by atoms with van der Waals surface area (Å²) in [5.41, 5.74) is 0.396. The largest absolute Gasteiger partial charge is 0.508 e. The Bertz CT molecular complexity index is 507. The van der Waals surface area contributed by atoms with Crippen LogP contribution in [-0.4, -0.2) is 34.2 Å². The van der Waals surface area contributed by atoms with Gasteiger partial charge >= 0.3 is 0 Å². The number of anilines is 1. The van der Waals surface area contributed by atoms with E-state index >= 15 is 0 Å². The molecule has 0 aromatic heterocycles. The Labute approximate surface area is 127 Å². The van der Waals surface area contributed by atoms with Crippen molar-refractivity contribution in [3.8, 4) is 5.75 Å². The fourth-order valence-corrected chi connectivity index (χ4v) is 2.89. The molecule has 6 nitrogen and oxygen atoms in total. The third kappa shape index (κ3) is 4.95. The normalized spacial score (nSPS) is 21.7. The average molecular weight is 309 g/mol. The summed E-state index contributed by atoms with van der Waals surface area (Å²) in [6.45, 7) is 2.02. The van der Waals surface area contributed by atoms with Gasteiger partial charge in [-0.1, -0.05) is 6.92 Å². The molecule has 4 N–H and O–H groups in total. The molecule has 1 aliphatic rings. The minimum atomic E-state index is -0.234. The van der Waals surface area contributed by atoms with Gasteiger partial charge in [0.05, 0.1) is 5.75 Å². The van der Waals surface area contributed by atoms with Crippen LogP contribution in [0.3, 0.4) is 0 Å². The molecule has 2 atom stereocenters. The molecule has 21 heavy (non-hydrogen) atoms. The van der Waals surface area contributed by atoms with E-state index in [1.54, 1.807) is 12.1 Å². The van der Waals surface area contributed by atoms with E-state index in [9.17, 15) is 14.7 Å². The van der Waals surface area contributed by atoms with Crippen molar-refractivity contribution in [1.29, 1.82) is 0 Å². The van der Waals surface area contributed by atoms with Crippen molar-refractivity contribution >= 4 is 29.3 Å². The van der Waals surface area contributed by atoms with E-state index in [4.69, 9.17) is 0 Å². The van der Waals surface area contributed by atoms with Crippen molar-refractivity contribution in [2.75, 3.05) is 11.1 Å². The fourth-order valence-electron chi connectivity index (χ4n) is 2.00. The summed E-state index contributed by atoms with van der Waals surface area (Å²) in [4.78, 5) is 23.4. The number of thioether (sulfide) groups is 1. The van der Waals surface area contributed by atoms with Gasteiger partial charge < -0.3 is 15.7 Å². The molecule has 7 heteroatoms. The van der Waals surface area contributed by atoms with Crippen LogP contribution in [-0.2, 0) is 9.59 Å². The third-order valence-electron chi connectivity index (χ3n) is 3.14. The van der Waals surface area contributed by atoms with Gasteiger partial charge in [0.25, 0.3) is 0 Å². The Kier molecular flexibility index (Phi) is 5.46. The summed E-state index contributed by atoms with van der Waals surface area (Å²) in [7, 11) is 0. The van der Waals surface area contributed by atoms with Crippen molar-refractivity contribution in [3.05, 3.63) is 24.3 Å². The van der Waals surface area contributed by atoms with Crippen molar-refractivity contribution < 1.29 is 14.7 Å². The van der Waals surface area contributed by atoms with E-state index in [2.05, 4.69) is 16.0 Å². The predicted octanol–water partition coefficient (Wildman–Crippen LogP) is 1.24. The molecule has 0 spiro atoms. The summed E-state index contributed by atoms with van der Waals surface area (Å²) in [5.74, 6) is 0.245. The fraction of sp³-hybridized carbons (Fsp3) is 0.429. The monoisotopic (exact) mass is 309 g/mol. The lowest BCUT2D eigenvalue weighted by Gasteiger charge is -2.30. The number of benzene rings is 1. The Hall–Kier alpha value is -1.73. The molecule has 1 heterocycles. The molecule has 1 aromatic carbocycles. The lowest BCUT2D eigenvalue weighted by molar-refractivity contribution is -0.123. The summed E-state index contributed by atoms with van der Waals surface area (Å²) in [6.07, 6.45) is 1.36. The first-order valence-electron chi connectivity index (χ1n) is 6.82. The highest BCUT2D eigenvalue weighted by molar-refractivity contribution is 8.00. The smallest absolute Gasteiger partial charge is 0.234 e. The van der Waals surface area contributed by atoms with Gasteiger partial charge in [-0.25, -0.2) is 0 Å². The SMILES string of the molecule is CCC1CC(=O)NC(SCC(=O)Nc2ccc(O)cc2)N1. The molecule has 114 valence electrons. The summed E-state index contributed by atoms with van der Waals surface area (Å²) >= 11 is 1.35. The van der Waals surface area contributed by atoms with Crippen LogP contribution >= 0.6 is 11.8 Å². The highest BCUT2D eigenvalue weighted by atomic mass is 32.2. The topological polar surface area (TPSA) is 90.5 Å². The van der Waals surface area contributed by atoms with Gasteiger partial charge in [0, 0.05) is 18.2 Å². The van der Waals surface area contributed by atoms with Crippen LogP contribution in [0, 0.1) is 0 Å². The number of hydrogen-bond acceptors (Lipinski definition) is 5. The molecule has 1 aromatic rings. The lowest BCUT2D eigenvalue weighted by Crippen LogP contribution is -2.54. The van der Waals surface area contributed by atoms with E-state index in [-0.39, 0.29) is 34.9 Å². The second-order valence-corrected chi connectivity index (χ2v) is 5.92. The molecule has 0 aliphatic carbocycles. The minimum absolute atomic E-state index is 0.0112. The molecular weight excluding hydrogens is 290 g/mol. The molecule has 0 bridgehead atoms. The molecule has 1 saturated heterocycles. The Morgan fingerprint density at radius 2 is 2.14 bits per heavy atom. The van der Waals surface area contributed by atoms with E-state index in [0.717, 1.165) is 6.42 Å². The zero-order chi connectivity index (χ0) is 15.2. The standard InChI is InChI=1S/C14H19N3O3S/c1-2-9-7-12(19)17-14(16-9)21-8-13(20)15-10-3-5-11(18)6-4-10/h3-6,9,14,16,18H,2,7-8H2,1H3,(H,15,20)(H,17,19). The molecule has 1 aliphatic heterocycles. The number of phenolic OH excluding ortho intramolecular Hbond substituents is 1. The highest BCUT2D eigenvalue weighted by Gasteiger charge is 2.25. The number of carbonyl (C=O) groups excluding carboxylic acids is 2. The van der Waals surface area contributed by atoms with Crippen molar-refractivity contribution in [2.45, 2.75) is 31.3 Å². The van der Waals surface area contributed by atoms with Crippen LogP contribution in [0.25, 0.3) is 0 Å². The molecular formula is C14H19N3O3S. The van der Waals surface area contributed by atoms with E-state index < -0.39 is 0 Å². The molecule has 1 fully saturated rings. The van der Waals surface area contributed by atoms with Crippen LogP contribution in [0.4, 0.5) is 5.69 Å². The maximum atomic E-state index is 11.8. The number of amides is 2. The first kappa shape index (κ1) is 15.7. The van der Waals surface area contributed by atoms with Crippen LogP contribution in [0.2, 0.25) is 0 Å². The van der Waals surface area contributed by atoms with Crippen molar-refractivity contribution in [2.24, 2.45) is 0 Å². The van der Waals surface area contributed by atoms with Crippen LogP contribution in [0.5, 0.6) is 5.75 Å². The summed E-state index contributed by atoms with van der Waals surface area (Å²) in [6, 6.07) is 6.45. The number of aromatic hydroxyl groups is 1. The quantitative estimate of drug-likeness (QED) is 0.614. The lowest BCUT2D eigenvalue weighted by atomic mass is 10.1. The van der Waals surface area contributed by atoms with Gasteiger partial charge in [0.15, 0.2) is 0 Å². The zero-order valence-corrected chi connectivity index (χ0v) is 12.6. The number of phenols is 1. The van der Waals surface area contributed by atoms with Gasteiger partial charge in [0.2, 0.25) is 11.8 Å². The minimum Gasteiger partial charge on any atom is -0.508 e. The molecule has 0 radical (unpaired) electrons. The summed E-state index contributed by atoms with van der Waals surface area (Å²) in [5, 5.41) is 18.0. The van der Waals surface area contributed by atoms with Crippen molar-refractivity contribution in [3.63, 3.8) is 0 Å². The van der Waals surface area contributed by atoms with Crippen LogP contribution in [0.1, 0.15) is 19.8 Å². The van der Waals surface area contributed by atoms with Gasteiger partial charge in [-0.15, -0.1) is 11.8 Å². The number of rotatable bonds is 5. The van der Waals surface area contributed by atoms with E-state index in [1.807, 2.05) is 6.92 Å². The number of nitrogens with one attached hydrogen (secondary N) is 3. The highest BCUT2D eigenvalue weighted by Crippen LogP contribution is 2.16. The van der Waals surface area contributed by atoms with Crippen molar-refractivity contribution in [1.82, 2.24) is 10.6 Å². The number of carbonyl (C=O) groups is 2. The van der Waals surface area contributed by atoms with E-state index in [1.165, 1.54) is 23.9 Å². The Balaban J connectivity index is 1.78. The van der Waals surface area contributed by atoms with Crippen LogP contribution < -0.4 is 16.0 Å². The maximum absolute atomic E-state index is 11.8. The second-order valence-electron chi connectivity index (χ2n) is 4.83. The Morgan fingerprint density at radius 1 is 1.43 bits per heavy atom. The van der Waals surface area contributed by atoms with Gasteiger partial charge in [-0.2, -0.15) is 0 Å². The average Bonchev–Trinajstić information content (AvgIpc) is 2.47. The predicted molar refractivity (Wildman–Crippen MR) is 83.0 cm³/mol. The molecule has 2 amide bonds. The maximum Gasteiger partial charge on any atom is 0.234 e. The first-order valence-corrected chi connectivity index (χ1v) is 7.87. The molecule has 2 rings (SSSR count). The third-order valence-corrected chi connectivity index (χ3v) is 4.15. The number of hydrogen-bond donors (Lipinski definition) is 4. The first-order chi connectivity index (χ1) is 10.1. The van der Waals surface area contributed by atoms with Gasteiger partial charge in [-0.3, -0.25) is 14.9 Å². The van der Waals surface area contributed by atoms with Crippen LogP contribution in [0.15, 0.2) is 24.3 Å². The zero-order valence-electron chi connectivity index (χ0n) is 11.8. The van der Waals surface area contributed by atoms with Gasteiger partial charge in [-0.05, 0) is 30.7 Å². The van der Waals surface area contributed by atoms with Gasteiger partial charge in [0.1, 0.15) is 11.2 Å².